The van der Waals surface area contributed by atoms with Gasteiger partial charge in [-0.05, 0) is 40.2 Å². The molecule has 2 N–H and O–H groups in total. The van der Waals surface area contributed by atoms with Crippen LogP contribution in [0.2, 0.25) is 0 Å². The van der Waals surface area contributed by atoms with Gasteiger partial charge in [0.15, 0.2) is 0 Å². The molecular weight excluding hydrogens is 408 g/mol. The van der Waals surface area contributed by atoms with Crippen LogP contribution < -0.4 is 10.0 Å². The molecule has 7 nitrogen and oxygen atoms in total. The number of hydrogen-bond donors (Lipinski definition) is 2. The molecule has 0 aliphatic heterocycles. The number of anilines is 1. The third-order valence-electron chi connectivity index (χ3n) is 3.36. The minimum absolute atomic E-state index is 0.228. The maximum absolute atomic E-state index is 12.4. The summed E-state index contributed by atoms with van der Waals surface area (Å²) >= 11 is 3.39. The van der Waals surface area contributed by atoms with Crippen molar-refractivity contribution in [2.45, 2.75) is 6.54 Å². The van der Waals surface area contributed by atoms with Gasteiger partial charge in [0.05, 0.1) is 29.7 Å². The van der Waals surface area contributed by atoms with Gasteiger partial charge in [-0.3, -0.25) is 9.52 Å². The van der Waals surface area contributed by atoms with E-state index in [2.05, 4.69) is 31.0 Å². The van der Waals surface area contributed by atoms with Crippen molar-refractivity contribution < 1.29 is 13.2 Å². The number of aromatic nitrogens is 2. The Balaban J connectivity index is 1.76. The van der Waals surface area contributed by atoms with E-state index in [0.717, 1.165) is 16.4 Å². The second-order valence-electron chi connectivity index (χ2n) is 5.45. The summed E-state index contributed by atoms with van der Waals surface area (Å²) in [7, 11) is -3.47. The van der Waals surface area contributed by atoms with Crippen LogP contribution in [-0.2, 0) is 16.6 Å². The average molecular weight is 423 g/mol. The quantitative estimate of drug-likeness (QED) is 0.659. The third-order valence-corrected chi connectivity index (χ3v) is 4.42. The topological polar surface area (TPSA) is 92.6 Å². The number of nitrogens with zero attached hydrogens (tertiary/aromatic N) is 2. The Morgan fingerprint density at radius 2 is 1.96 bits per heavy atom. The zero-order chi connectivity index (χ0) is 18.0. The number of pyridine rings is 1. The highest BCUT2D eigenvalue weighted by Crippen LogP contribution is 2.17. The van der Waals surface area contributed by atoms with E-state index < -0.39 is 10.0 Å². The van der Waals surface area contributed by atoms with E-state index in [1.54, 1.807) is 24.3 Å². The highest BCUT2D eigenvalue weighted by Gasteiger charge is 2.14. The SMILES string of the molecule is CS(=O)(=O)Nc1ccccc1C(=O)NCc1cn2cc(Br)ccc2n1. The van der Waals surface area contributed by atoms with Crippen LogP contribution in [0.5, 0.6) is 0 Å². The number of benzene rings is 1. The number of carbonyl (C=O) groups is 1. The van der Waals surface area contributed by atoms with Gasteiger partial charge in [-0.2, -0.15) is 0 Å². The predicted molar refractivity (Wildman–Crippen MR) is 99.0 cm³/mol. The Kier molecular flexibility index (Phi) is 4.78. The van der Waals surface area contributed by atoms with Crippen LogP contribution in [0.3, 0.4) is 0 Å². The maximum Gasteiger partial charge on any atom is 0.253 e. The number of halogens is 1. The van der Waals surface area contributed by atoms with E-state index in [0.29, 0.717) is 5.69 Å². The number of hydrogen-bond acceptors (Lipinski definition) is 4. The van der Waals surface area contributed by atoms with E-state index in [4.69, 9.17) is 0 Å². The van der Waals surface area contributed by atoms with Crippen molar-refractivity contribution in [3.63, 3.8) is 0 Å². The van der Waals surface area contributed by atoms with Crippen LogP contribution in [-0.4, -0.2) is 30.0 Å². The number of nitrogens with one attached hydrogen (secondary N) is 2. The molecule has 0 aliphatic carbocycles. The zero-order valence-corrected chi connectivity index (χ0v) is 15.6. The largest absolute Gasteiger partial charge is 0.346 e. The molecule has 1 amide bonds. The van der Waals surface area contributed by atoms with Crippen LogP contribution >= 0.6 is 15.9 Å². The molecule has 3 aromatic rings. The van der Waals surface area contributed by atoms with Crippen LogP contribution in [0.25, 0.3) is 5.65 Å². The third kappa shape index (κ3) is 4.37. The summed E-state index contributed by atoms with van der Waals surface area (Å²) in [6.07, 6.45) is 4.73. The maximum atomic E-state index is 12.4. The molecule has 9 heteroatoms. The number of sulfonamides is 1. The number of carbonyl (C=O) groups excluding carboxylic acids is 1. The highest BCUT2D eigenvalue weighted by molar-refractivity contribution is 9.10. The molecule has 0 bridgehead atoms. The summed E-state index contributed by atoms with van der Waals surface area (Å²) in [6.45, 7) is 0.228. The van der Waals surface area contributed by atoms with Gasteiger partial charge in [0.2, 0.25) is 10.0 Å². The number of amides is 1. The summed E-state index contributed by atoms with van der Waals surface area (Å²) in [5, 5.41) is 2.76. The van der Waals surface area contributed by atoms with Crippen molar-refractivity contribution in [2.75, 3.05) is 11.0 Å². The molecule has 0 spiro atoms. The highest BCUT2D eigenvalue weighted by atomic mass is 79.9. The lowest BCUT2D eigenvalue weighted by Gasteiger charge is -2.10. The fourth-order valence-corrected chi connectivity index (χ4v) is 3.27. The Hall–Kier alpha value is -2.39. The molecule has 130 valence electrons. The van der Waals surface area contributed by atoms with Crippen molar-refractivity contribution in [1.82, 2.24) is 14.7 Å². The number of imidazole rings is 1. The minimum Gasteiger partial charge on any atom is -0.346 e. The van der Waals surface area contributed by atoms with Gasteiger partial charge in [-0.15, -0.1) is 0 Å². The van der Waals surface area contributed by atoms with Gasteiger partial charge in [-0.1, -0.05) is 12.1 Å². The van der Waals surface area contributed by atoms with E-state index >= 15 is 0 Å². The molecule has 25 heavy (non-hydrogen) atoms. The summed E-state index contributed by atoms with van der Waals surface area (Å²) in [4.78, 5) is 16.8. The summed E-state index contributed by atoms with van der Waals surface area (Å²) in [5.74, 6) is -0.384. The van der Waals surface area contributed by atoms with E-state index in [9.17, 15) is 13.2 Å². The molecule has 2 heterocycles. The molecule has 0 saturated heterocycles. The predicted octanol–water partition coefficient (Wildman–Crippen LogP) is 2.40. The van der Waals surface area contributed by atoms with Gasteiger partial charge >= 0.3 is 0 Å². The lowest BCUT2D eigenvalue weighted by atomic mass is 10.1. The smallest absolute Gasteiger partial charge is 0.253 e. The second kappa shape index (κ2) is 6.85. The van der Waals surface area contributed by atoms with Gasteiger partial charge in [0.25, 0.3) is 5.91 Å². The Labute approximate surface area is 153 Å². The molecule has 0 radical (unpaired) electrons. The molecule has 3 rings (SSSR count). The molecule has 0 aliphatic rings. The van der Waals surface area contributed by atoms with E-state index in [-0.39, 0.29) is 23.7 Å². The second-order valence-corrected chi connectivity index (χ2v) is 8.11. The summed E-state index contributed by atoms with van der Waals surface area (Å²) in [6, 6.07) is 10.2. The Bertz CT molecular complexity index is 1050. The van der Waals surface area contributed by atoms with Crippen molar-refractivity contribution in [1.29, 1.82) is 0 Å². The fraction of sp³-hybridized carbons (Fsp3) is 0.125. The molecule has 0 unspecified atom stereocenters. The zero-order valence-electron chi connectivity index (χ0n) is 13.2. The first-order valence-corrected chi connectivity index (χ1v) is 9.98. The van der Waals surface area contributed by atoms with E-state index in [1.807, 2.05) is 28.9 Å². The van der Waals surface area contributed by atoms with Gasteiger partial charge < -0.3 is 9.72 Å². The fourth-order valence-electron chi connectivity index (χ4n) is 2.34. The lowest BCUT2D eigenvalue weighted by Crippen LogP contribution is -2.24. The Morgan fingerprint density at radius 3 is 2.72 bits per heavy atom. The molecule has 0 saturated carbocycles. The standard InChI is InChI=1S/C16H15BrN4O3S/c1-25(23,24)20-14-5-3-2-4-13(14)16(22)18-8-12-10-21-9-11(17)6-7-15(21)19-12/h2-7,9-10,20H,8H2,1H3,(H,18,22). The first-order valence-electron chi connectivity index (χ1n) is 7.30. The Morgan fingerprint density at radius 1 is 1.20 bits per heavy atom. The van der Waals surface area contributed by atoms with Crippen LogP contribution in [0, 0.1) is 0 Å². The van der Waals surface area contributed by atoms with Crippen molar-refractivity contribution in [3.05, 3.63) is 64.5 Å². The summed E-state index contributed by atoms with van der Waals surface area (Å²) in [5.41, 5.74) is 1.95. The van der Waals surface area contributed by atoms with Gasteiger partial charge in [-0.25, -0.2) is 13.4 Å². The molecule has 0 fully saturated rings. The van der Waals surface area contributed by atoms with Gasteiger partial charge in [0.1, 0.15) is 5.65 Å². The number of rotatable bonds is 5. The van der Waals surface area contributed by atoms with Crippen LogP contribution in [0.15, 0.2) is 53.3 Å². The van der Waals surface area contributed by atoms with Crippen LogP contribution in [0.4, 0.5) is 5.69 Å². The summed E-state index contributed by atoms with van der Waals surface area (Å²) < 4.78 is 28.0. The van der Waals surface area contributed by atoms with Gasteiger partial charge in [0, 0.05) is 16.9 Å². The molecule has 2 aromatic heterocycles. The first kappa shape index (κ1) is 17.4. The van der Waals surface area contributed by atoms with E-state index in [1.165, 1.54) is 0 Å². The van der Waals surface area contributed by atoms with Crippen molar-refractivity contribution >= 4 is 43.2 Å². The minimum atomic E-state index is -3.47. The molecule has 1 aromatic carbocycles. The van der Waals surface area contributed by atoms with Crippen molar-refractivity contribution in [2.24, 2.45) is 0 Å². The normalized spacial score (nSPS) is 11.4. The molecular formula is C16H15BrN4O3S. The number of fused-ring (bicyclic) bond motifs is 1. The van der Waals surface area contributed by atoms with Crippen molar-refractivity contribution in [3.8, 4) is 0 Å². The number of para-hydroxylation sites is 1. The monoisotopic (exact) mass is 422 g/mol. The molecule has 0 atom stereocenters. The van der Waals surface area contributed by atoms with Crippen LogP contribution in [0.1, 0.15) is 16.1 Å². The first-order chi connectivity index (χ1) is 11.8. The lowest BCUT2D eigenvalue weighted by molar-refractivity contribution is 0.0951. The average Bonchev–Trinajstić information content (AvgIpc) is 2.93.